The van der Waals surface area contributed by atoms with Gasteiger partial charge >= 0.3 is 11.9 Å². The fraction of sp³-hybridized carbons (Fsp3) is 0.400. The Kier molecular flexibility index (Phi) is 4.51. The summed E-state index contributed by atoms with van der Waals surface area (Å²) in [7, 11) is 0. The Balaban J connectivity index is 1.75. The molecule has 3 aliphatic heterocycles. The molecular formula is C20H18ClNO7. The molecule has 0 saturated carbocycles. The minimum absolute atomic E-state index is 0.344. The Morgan fingerprint density at radius 1 is 1.17 bits per heavy atom. The van der Waals surface area contributed by atoms with E-state index in [1.807, 2.05) is 6.92 Å². The van der Waals surface area contributed by atoms with Crippen LogP contribution in [0.1, 0.15) is 19.4 Å². The highest BCUT2D eigenvalue weighted by Gasteiger charge is 2.72. The lowest BCUT2D eigenvalue weighted by Gasteiger charge is -2.34. The number of hydrogen-bond donors (Lipinski definition) is 0. The minimum Gasteiger partial charge on any atom is -0.422 e. The maximum atomic E-state index is 13.3. The van der Waals surface area contributed by atoms with Crippen LogP contribution in [0.5, 0.6) is 0 Å². The highest BCUT2D eigenvalue weighted by Crippen LogP contribution is 2.54. The topological polar surface area (TPSA) is 99.2 Å². The van der Waals surface area contributed by atoms with E-state index < -0.39 is 53.6 Å². The van der Waals surface area contributed by atoms with E-state index in [1.165, 1.54) is 6.08 Å². The van der Waals surface area contributed by atoms with Gasteiger partial charge in [0.15, 0.2) is 5.60 Å². The molecule has 2 saturated heterocycles. The van der Waals surface area contributed by atoms with Gasteiger partial charge in [0.2, 0.25) is 11.8 Å². The Labute approximate surface area is 171 Å². The van der Waals surface area contributed by atoms with Gasteiger partial charge in [-0.2, -0.15) is 0 Å². The number of hydrogen-bond acceptors (Lipinski definition) is 7. The van der Waals surface area contributed by atoms with Crippen LogP contribution < -0.4 is 4.90 Å². The quantitative estimate of drug-likeness (QED) is 0.318. The normalized spacial score (nSPS) is 29.6. The summed E-state index contributed by atoms with van der Waals surface area (Å²) < 4.78 is 16.2. The van der Waals surface area contributed by atoms with Crippen LogP contribution in [0.3, 0.4) is 0 Å². The second kappa shape index (κ2) is 6.67. The zero-order valence-corrected chi connectivity index (χ0v) is 16.6. The number of halogens is 1. The van der Waals surface area contributed by atoms with Crippen LogP contribution in [-0.2, 0) is 33.4 Å². The molecule has 29 heavy (non-hydrogen) atoms. The van der Waals surface area contributed by atoms with Gasteiger partial charge < -0.3 is 14.2 Å². The van der Waals surface area contributed by atoms with Crippen LogP contribution >= 0.6 is 11.6 Å². The maximum Gasteiger partial charge on any atom is 0.305 e. The summed E-state index contributed by atoms with van der Waals surface area (Å²) in [4.78, 5) is 50.7. The summed E-state index contributed by atoms with van der Waals surface area (Å²) in [6.07, 6.45) is 0.965. The largest absolute Gasteiger partial charge is 0.422 e. The lowest BCUT2D eigenvalue weighted by atomic mass is 9.76. The van der Waals surface area contributed by atoms with E-state index in [9.17, 15) is 19.2 Å². The molecule has 0 radical (unpaired) electrons. The first-order valence-electron chi connectivity index (χ1n) is 9.01. The Morgan fingerprint density at radius 3 is 2.41 bits per heavy atom. The number of rotatable bonds is 4. The van der Waals surface area contributed by atoms with Crippen LogP contribution in [0, 0.1) is 18.8 Å². The van der Waals surface area contributed by atoms with Crippen molar-refractivity contribution in [3.63, 3.8) is 0 Å². The average molecular weight is 420 g/mol. The number of anilines is 1. The van der Waals surface area contributed by atoms with Crippen molar-refractivity contribution < 1.29 is 33.4 Å². The van der Waals surface area contributed by atoms with Crippen molar-refractivity contribution in [1.29, 1.82) is 0 Å². The zero-order valence-electron chi connectivity index (χ0n) is 15.9. The van der Waals surface area contributed by atoms with Gasteiger partial charge in [-0.1, -0.05) is 23.7 Å². The van der Waals surface area contributed by atoms with Crippen LogP contribution in [-0.4, -0.2) is 41.7 Å². The highest BCUT2D eigenvalue weighted by atomic mass is 35.5. The van der Waals surface area contributed by atoms with Crippen molar-refractivity contribution in [1.82, 2.24) is 0 Å². The van der Waals surface area contributed by atoms with E-state index in [1.54, 1.807) is 24.3 Å². The summed E-state index contributed by atoms with van der Waals surface area (Å²) >= 11 is 6.17. The maximum absolute atomic E-state index is 13.3. The molecule has 0 aromatic heterocycles. The predicted molar refractivity (Wildman–Crippen MR) is 99.7 cm³/mol. The molecule has 2 amide bonds. The molecule has 3 aliphatic rings. The third-order valence-corrected chi connectivity index (χ3v) is 5.81. The first-order valence-corrected chi connectivity index (χ1v) is 9.39. The molecule has 3 heterocycles. The van der Waals surface area contributed by atoms with E-state index in [-0.39, 0.29) is 0 Å². The van der Waals surface area contributed by atoms with Gasteiger partial charge in [-0.3, -0.25) is 19.2 Å². The molecule has 0 aliphatic carbocycles. The van der Waals surface area contributed by atoms with Gasteiger partial charge in [0.25, 0.3) is 6.29 Å². The molecule has 0 spiro atoms. The van der Waals surface area contributed by atoms with Crippen molar-refractivity contribution in [2.24, 2.45) is 11.8 Å². The van der Waals surface area contributed by atoms with Crippen LogP contribution in [0.15, 0.2) is 30.4 Å². The Morgan fingerprint density at radius 2 is 1.83 bits per heavy atom. The van der Waals surface area contributed by atoms with Crippen molar-refractivity contribution in [2.75, 3.05) is 4.90 Å². The summed E-state index contributed by atoms with van der Waals surface area (Å²) in [5.74, 6) is -4.23. The number of amides is 2. The number of ether oxygens (including phenoxy) is 3. The third-order valence-electron chi connectivity index (χ3n) is 5.41. The first-order chi connectivity index (χ1) is 13.7. The van der Waals surface area contributed by atoms with E-state index in [2.05, 4.69) is 0 Å². The molecule has 1 aromatic rings. The number of benzene rings is 1. The predicted octanol–water partition coefficient (Wildman–Crippen LogP) is 1.91. The van der Waals surface area contributed by atoms with Gasteiger partial charge in [0, 0.05) is 18.9 Å². The fourth-order valence-electron chi connectivity index (χ4n) is 4.19. The number of aryl methyl sites for hydroxylation is 1. The number of carbonyl (C=O) groups is 4. The van der Waals surface area contributed by atoms with Gasteiger partial charge in [-0.05, 0) is 30.7 Å². The first kappa shape index (κ1) is 19.6. The smallest absolute Gasteiger partial charge is 0.305 e. The van der Waals surface area contributed by atoms with Crippen LogP contribution in [0.4, 0.5) is 5.69 Å². The number of nitrogens with zero attached hydrogens (tertiary/aromatic N) is 1. The SMILES string of the molecule is CC(=O)OC(OC(C)=O)[C@@]12C=C[C@@H](O1)[C@H]1C(=O)N(c3ccc(C)c(Cl)c3)C(=O)[C@@H]12. The average Bonchev–Trinajstić information content (AvgIpc) is 3.28. The standard InChI is InChI=1S/C20H18ClNO7/c1-9-4-5-12(8-13(9)21)22-17(25)15-14-6-7-20(29-14,16(15)18(22)26)19(27-10(2)23)28-11(3)24/h4-8,14-16,19H,1-3H3/t14-,15-,16-,20+/m1/s1. The summed E-state index contributed by atoms with van der Waals surface area (Å²) in [5.41, 5.74) is -0.417. The van der Waals surface area contributed by atoms with Crippen molar-refractivity contribution in [3.8, 4) is 0 Å². The number of esters is 2. The van der Waals surface area contributed by atoms with Crippen molar-refractivity contribution in [2.45, 2.75) is 38.8 Å². The molecule has 8 nitrogen and oxygen atoms in total. The number of fused-ring (bicyclic) bond motifs is 5. The van der Waals surface area contributed by atoms with Crippen molar-refractivity contribution in [3.05, 3.63) is 40.9 Å². The van der Waals surface area contributed by atoms with Gasteiger partial charge in [-0.15, -0.1) is 0 Å². The molecule has 2 fully saturated rings. The number of carbonyl (C=O) groups excluding carboxylic acids is 4. The van der Waals surface area contributed by atoms with Crippen molar-refractivity contribution >= 4 is 41.0 Å². The van der Waals surface area contributed by atoms with E-state index in [0.717, 1.165) is 24.3 Å². The zero-order chi connectivity index (χ0) is 21.1. The van der Waals surface area contributed by atoms with Crippen LogP contribution in [0.2, 0.25) is 5.02 Å². The van der Waals surface area contributed by atoms with Gasteiger partial charge in [-0.25, -0.2) is 4.90 Å². The van der Waals surface area contributed by atoms with E-state index in [0.29, 0.717) is 10.7 Å². The van der Waals surface area contributed by atoms with Gasteiger partial charge in [0.05, 0.1) is 23.6 Å². The molecule has 4 rings (SSSR count). The molecule has 0 unspecified atom stereocenters. The Bertz CT molecular complexity index is 958. The van der Waals surface area contributed by atoms with E-state index >= 15 is 0 Å². The molecule has 2 bridgehead atoms. The molecule has 0 N–H and O–H groups in total. The Hall–Kier alpha value is -2.71. The lowest BCUT2D eigenvalue weighted by molar-refractivity contribution is -0.226. The van der Waals surface area contributed by atoms with Crippen LogP contribution in [0.25, 0.3) is 0 Å². The molecule has 1 aromatic carbocycles. The summed E-state index contributed by atoms with van der Waals surface area (Å²) in [6, 6.07) is 4.90. The second-order valence-electron chi connectivity index (χ2n) is 7.29. The highest BCUT2D eigenvalue weighted by molar-refractivity contribution is 6.32. The van der Waals surface area contributed by atoms with Gasteiger partial charge in [0.1, 0.15) is 0 Å². The minimum atomic E-state index is -1.57. The fourth-order valence-corrected chi connectivity index (χ4v) is 4.37. The monoisotopic (exact) mass is 419 g/mol. The molecular weight excluding hydrogens is 402 g/mol. The molecule has 152 valence electrons. The molecule has 9 heteroatoms. The molecule has 4 atom stereocenters. The van der Waals surface area contributed by atoms with E-state index in [4.69, 9.17) is 25.8 Å². The third kappa shape index (κ3) is 2.86. The number of imide groups is 1. The summed E-state index contributed by atoms with van der Waals surface area (Å²) in [6.45, 7) is 4.11. The lowest BCUT2D eigenvalue weighted by Crippen LogP contribution is -2.52. The summed E-state index contributed by atoms with van der Waals surface area (Å²) in [5, 5.41) is 0.421. The second-order valence-corrected chi connectivity index (χ2v) is 7.70.